The lowest BCUT2D eigenvalue weighted by atomic mass is 10.0. The van der Waals surface area contributed by atoms with Gasteiger partial charge < -0.3 is 10.1 Å². The number of fused-ring (bicyclic) bond motifs is 1. The normalized spacial score (nSPS) is 18.6. The fourth-order valence-electron chi connectivity index (χ4n) is 1.42. The van der Waals surface area contributed by atoms with Gasteiger partial charge in [0, 0.05) is 0 Å². The van der Waals surface area contributed by atoms with Crippen molar-refractivity contribution >= 4 is 33.6 Å². The number of methoxy groups -OCH3 is 1. The maximum Gasteiger partial charge on any atom is 0.133 e. The molecule has 1 aliphatic rings. The van der Waals surface area contributed by atoms with Gasteiger partial charge in [-0.1, -0.05) is 11.6 Å². The molecule has 1 aromatic carbocycles. The first-order valence-corrected chi connectivity index (χ1v) is 5.39. The Kier molecular flexibility index (Phi) is 2.70. The highest BCUT2D eigenvalue weighted by molar-refractivity contribution is 9.10. The van der Waals surface area contributed by atoms with E-state index in [0.717, 1.165) is 21.3 Å². The van der Waals surface area contributed by atoms with Gasteiger partial charge in [0.2, 0.25) is 0 Å². The minimum absolute atomic E-state index is 0.169. The van der Waals surface area contributed by atoms with Crippen molar-refractivity contribution in [2.45, 2.75) is 5.50 Å². The van der Waals surface area contributed by atoms with Gasteiger partial charge in [-0.15, -0.1) is 0 Å². The molecule has 1 unspecified atom stereocenters. The zero-order chi connectivity index (χ0) is 10.1. The van der Waals surface area contributed by atoms with Crippen LogP contribution in [0.5, 0.6) is 5.75 Å². The number of hydrogen-bond donors (Lipinski definition) is 1. The molecule has 0 radical (unpaired) electrons. The number of benzene rings is 1. The van der Waals surface area contributed by atoms with Gasteiger partial charge in [0.1, 0.15) is 11.3 Å². The average molecular weight is 275 g/mol. The average Bonchev–Trinajstić information content (AvgIpc) is 2.19. The van der Waals surface area contributed by atoms with Crippen molar-refractivity contribution in [1.82, 2.24) is 5.32 Å². The minimum atomic E-state index is -0.169. The molecule has 1 heterocycles. The van der Waals surface area contributed by atoms with E-state index in [1.165, 1.54) is 0 Å². The molecule has 0 bridgehead atoms. The Labute approximate surface area is 96.0 Å². The van der Waals surface area contributed by atoms with E-state index in [1.807, 2.05) is 24.4 Å². The lowest BCUT2D eigenvalue weighted by Gasteiger charge is -2.19. The third kappa shape index (κ3) is 1.62. The summed E-state index contributed by atoms with van der Waals surface area (Å²) in [5.41, 5.74) is 1.97. The van der Waals surface area contributed by atoms with Gasteiger partial charge in [0.05, 0.1) is 11.6 Å². The second-order valence-corrected chi connectivity index (χ2v) is 4.27. The van der Waals surface area contributed by atoms with Crippen molar-refractivity contribution in [3.63, 3.8) is 0 Å². The molecule has 1 aliphatic heterocycles. The number of nitrogens with one attached hydrogen (secondary N) is 1. The van der Waals surface area contributed by atoms with Crippen molar-refractivity contribution in [3.8, 4) is 5.75 Å². The largest absolute Gasteiger partial charge is 0.496 e. The van der Waals surface area contributed by atoms with E-state index in [2.05, 4.69) is 21.2 Å². The van der Waals surface area contributed by atoms with E-state index in [9.17, 15) is 0 Å². The predicted octanol–water partition coefficient (Wildman–Crippen LogP) is 3.27. The first kappa shape index (κ1) is 9.87. The number of alkyl halides is 1. The molecule has 0 fully saturated rings. The molecule has 0 saturated heterocycles. The Morgan fingerprint density at radius 3 is 3.00 bits per heavy atom. The molecule has 1 atom stereocenters. The Bertz CT molecular complexity index is 392. The first-order valence-electron chi connectivity index (χ1n) is 4.16. The lowest BCUT2D eigenvalue weighted by molar-refractivity contribution is 0.411. The van der Waals surface area contributed by atoms with E-state index >= 15 is 0 Å². The maximum absolute atomic E-state index is 6.09. The van der Waals surface area contributed by atoms with E-state index in [4.69, 9.17) is 16.3 Å². The lowest BCUT2D eigenvalue weighted by Crippen LogP contribution is -2.14. The molecule has 1 N–H and O–H groups in total. The van der Waals surface area contributed by atoms with Crippen molar-refractivity contribution in [2.75, 3.05) is 7.11 Å². The van der Waals surface area contributed by atoms with Crippen LogP contribution in [0, 0.1) is 0 Å². The van der Waals surface area contributed by atoms with Gasteiger partial charge in [-0.2, -0.15) is 0 Å². The summed E-state index contributed by atoms with van der Waals surface area (Å²) in [5, 5.41) is 3.03. The van der Waals surface area contributed by atoms with Crippen LogP contribution in [-0.2, 0) is 0 Å². The van der Waals surface area contributed by atoms with Crippen LogP contribution >= 0.6 is 27.5 Å². The van der Waals surface area contributed by atoms with E-state index in [1.54, 1.807) is 7.11 Å². The van der Waals surface area contributed by atoms with Gasteiger partial charge >= 0.3 is 0 Å². The highest BCUT2D eigenvalue weighted by Gasteiger charge is 2.16. The fourth-order valence-corrected chi connectivity index (χ4v) is 2.20. The van der Waals surface area contributed by atoms with Crippen LogP contribution in [0.3, 0.4) is 0 Å². The first-order chi connectivity index (χ1) is 6.72. The van der Waals surface area contributed by atoms with Crippen LogP contribution in [0.25, 0.3) is 6.08 Å². The zero-order valence-corrected chi connectivity index (χ0v) is 9.89. The summed E-state index contributed by atoms with van der Waals surface area (Å²) in [6, 6.07) is 3.94. The van der Waals surface area contributed by atoms with Gasteiger partial charge in [-0.3, -0.25) is 0 Å². The van der Waals surface area contributed by atoms with Crippen molar-refractivity contribution < 1.29 is 4.74 Å². The van der Waals surface area contributed by atoms with Crippen LogP contribution in [0.4, 0.5) is 0 Å². The molecule has 0 amide bonds. The number of halogens is 2. The summed E-state index contributed by atoms with van der Waals surface area (Å²) >= 11 is 9.52. The van der Waals surface area contributed by atoms with Crippen LogP contribution in [0.15, 0.2) is 22.8 Å². The van der Waals surface area contributed by atoms with Crippen LogP contribution in [0.1, 0.15) is 16.6 Å². The van der Waals surface area contributed by atoms with E-state index in [-0.39, 0.29) is 5.50 Å². The molecule has 2 rings (SSSR count). The van der Waals surface area contributed by atoms with Gasteiger partial charge in [-0.05, 0) is 51.5 Å². The zero-order valence-electron chi connectivity index (χ0n) is 7.55. The maximum atomic E-state index is 6.09. The van der Waals surface area contributed by atoms with Crippen molar-refractivity contribution in [3.05, 3.63) is 33.9 Å². The van der Waals surface area contributed by atoms with E-state index in [0.29, 0.717) is 0 Å². The van der Waals surface area contributed by atoms with Crippen LogP contribution in [0.2, 0.25) is 0 Å². The Balaban J connectivity index is 2.55. The molecule has 0 spiro atoms. The van der Waals surface area contributed by atoms with Crippen molar-refractivity contribution in [1.29, 1.82) is 0 Å². The van der Waals surface area contributed by atoms with Crippen molar-refractivity contribution in [2.24, 2.45) is 0 Å². The number of ether oxygens (including phenoxy) is 1. The predicted molar refractivity (Wildman–Crippen MR) is 61.5 cm³/mol. The molecule has 0 aliphatic carbocycles. The summed E-state index contributed by atoms with van der Waals surface area (Å²) in [6.45, 7) is 0. The summed E-state index contributed by atoms with van der Waals surface area (Å²) in [5.74, 6) is 0.819. The van der Waals surface area contributed by atoms with Gasteiger partial charge in [-0.25, -0.2) is 0 Å². The quantitative estimate of drug-likeness (QED) is 0.627. The summed E-state index contributed by atoms with van der Waals surface area (Å²) < 4.78 is 6.12. The summed E-state index contributed by atoms with van der Waals surface area (Å²) in [4.78, 5) is 0. The summed E-state index contributed by atoms with van der Waals surface area (Å²) in [7, 11) is 1.65. The fraction of sp³-hybridized carbons (Fsp3) is 0.200. The third-order valence-electron chi connectivity index (χ3n) is 2.14. The Morgan fingerprint density at radius 1 is 1.50 bits per heavy atom. The molecule has 14 heavy (non-hydrogen) atoms. The van der Waals surface area contributed by atoms with Crippen LogP contribution in [-0.4, -0.2) is 7.11 Å². The highest BCUT2D eigenvalue weighted by atomic mass is 79.9. The smallest absolute Gasteiger partial charge is 0.133 e. The summed E-state index contributed by atoms with van der Waals surface area (Å²) in [6.07, 6.45) is 3.82. The molecule has 0 aromatic heterocycles. The standard InChI is InChI=1S/C10H9BrClNO/c1-14-9-4-6-2-3-13-10(12)7(6)5-8(9)11/h2-5,10,13H,1H3. The molecular formula is C10H9BrClNO. The van der Waals surface area contributed by atoms with Gasteiger partial charge in [0.25, 0.3) is 0 Å². The molecule has 0 saturated carbocycles. The Morgan fingerprint density at radius 2 is 2.29 bits per heavy atom. The highest BCUT2D eigenvalue weighted by Crippen LogP contribution is 2.34. The second kappa shape index (κ2) is 3.83. The minimum Gasteiger partial charge on any atom is -0.496 e. The monoisotopic (exact) mass is 273 g/mol. The molecule has 74 valence electrons. The molecule has 1 aromatic rings. The SMILES string of the molecule is COc1cc2c(cc1Br)C(Cl)NC=C2. The van der Waals surface area contributed by atoms with Gasteiger partial charge in [0.15, 0.2) is 0 Å². The molecular weight excluding hydrogens is 265 g/mol. The Hall–Kier alpha value is -0.670. The molecule has 4 heteroatoms. The second-order valence-electron chi connectivity index (χ2n) is 2.98. The van der Waals surface area contributed by atoms with E-state index < -0.39 is 0 Å². The number of hydrogen-bond acceptors (Lipinski definition) is 2. The number of rotatable bonds is 1. The topological polar surface area (TPSA) is 21.3 Å². The molecule has 2 nitrogen and oxygen atoms in total. The van der Waals surface area contributed by atoms with Crippen LogP contribution < -0.4 is 10.1 Å². The third-order valence-corrected chi connectivity index (χ3v) is 3.12.